The summed E-state index contributed by atoms with van der Waals surface area (Å²) < 4.78 is 3.23. The van der Waals surface area contributed by atoms with E-state index in [2.05, 4.69) is 27.7 Å². The SMILES string of the molecule is Cc1cc(C)cc(-n2c(O)c(C(=NCC(=O)Cn3cnnn3)c3ccccc3)c3ccc(C)cc32)c1. The van der Waals surface area contributed by atoms with Crippen LogP contribution in [0.4, 0.5) is 0 Å². The number of benzene rings is 3. The lowest BCUT2D eigenvalue weighted by molar-refractivity contribution is -0.118. The average molecular weight is 479 g/mol. The van der Waals surface area contributed by atoms with Crippen LogP contribution in [-0.2, 0) is 11.3 Å². The Morgan fingerprint density at radius 3 is 2.39 bits per heavy atom. The minimum Gasteiger partial charge on any atom is -0.494 e. The van der Waals surface area contributed by atoms with Crippen LogP contribution in [0.2, 0.25) is 0 Å². The number of tetrazole rings is 1. The molecule has 36 heavy (non-hydrogen) atoms. The van der Waals surface area contributed by atoms with Crippen LogP contribution in [0.15, 0.2) is 78.0 Å². The van der Waals surface area contributed by atoms with E-state index in [1.807, 2.05) is 79.9 Å². The molecular weight excluding hydrogens is 452 g/mol. The Kier molecular flexibility index (Phi) is 6.16. The van der Waals surface area contributed by atoms with Gasteiger partial charge in [-0.3, -0.25) is 14.4 Å². The largest absolute Gasteiger partial charge is 0.494 e. The maximum absolute atomic E-state index is 12.7. The molecular formula is C28H26N6O2. The number of Topliss-reactive ketones (excluding diaryl/α,β-unsaturated/α-hetero) is 1. The van der Waals surface area contributed by atoms with Crippen LogP contribution in [0.1, 0.15) is 27.8 Å². The Labute approximate surface area is 208 Å². The normalized spacial score (nSPS) is 11.8. The number of carbonyl (C=O) groups is 1. The molecule has 0 aliphatic carbocycles. The Morgan fingerprint density at radius 1 is 0.944 bits per heavy atom. The topological polar surface area (TPSA) is 98.2 Å². The second-order valence-corrected chi connectivity index (χ2v) is 8.98. The molecule has 180 valence electrons. The van der Waals surface area contributed by atoms with Gasteiger partial charge in [-0.2, -0.15) is 0 Å². The van der Waals surface area contributed by atoms with Gasteiger partial charge in [-0.1, -0.05) is 48.5 Å². The van der Waals surface area contributed by atoms with Crippen molar-refractivity contribution in [2.75, 3.05) is 6.54 Å². The van der Waals surface area contributed by atoms with E-state index in [1.165, 1.54) is 11.0 Å². The van der Waals surface area contributed by atoms with E-state index in [-0.39, 0.29) is 24.8 Å². The number of fused-ring (bicyclic) bond motifs is 1. The van der Waals surface area contributed by atoms with Gasteiger partial charge in [-0.05, 0) is 66.1 Å². The van der Waals surface area contributed by atoms with Gasteiger partial charge < -0.3 is 5.11 Å². The standard InChI is InChI=1S/C28H26N6O2/c1-18-9-10-24-25(14-18)34(22-12-19(2)11-20(3)13-22)28(36)26(24)27(21-7-5-4-6-8-21)29-15-23(35)16-33-17-30-31-32-33/h4-14,17,36H,15-16H2,1-3H3. The Balaban J connectivity index is 1.70. The molecule has 3 aromatic carbocycles. The highest BCUT2D eigenvalue weighted by Crippen LogP contribution is 2.37. The minimum absolute atomic E-state index is 0.0219. The van der Waals surface area contributed by atoms with Crippen molar-refractivity contribution in [1.82, 2.24) is 24.8 Å². The van der Waals surface area contributed by atoms with E-state index < -0.39 is 0 Å². The molecule has 0 bridgehead atoms. The van der Waals surface area contributed by atoms with E-state index in [4.69, 9.17) is 4.99 Å². The molecule has 5 rings (SSSR count). The summed E-state index contributed by atoms with van der Waals surface area (Å²) in [4.78, 5) is 17.4. The number of hydrogen-bond donors (Lipinski definition) is 1. The summed E-state index contributed by atoms with van der Waals surface area (Å²) in [5.74, 6) is -0.0692. The highest BCUT2D eigenvalue weighted by molar-refractivity contribution is 6.22. The van der Waals surface area contributed by atoms with E-state index in [1.54, 1.807) is 0 Å². The molecule has 0 unspecified atom stereocenters. The molecule has 2 heterocycles. The fraction of sp³-hybridized carbons (Fsp3) is 0.179. The lowest BCUT2D eigenvalue weighted by Crippen LogP contribution is -2.15. The third kappa shape index (κ3) is 4.53. The highest BCUT2D eigenvalue weighted by atomic mass is 16.3. The first-order valence-corrected chi connectivity index (χ1v) is 11.7. The second-order valence-electron chi connectivity index (χ2n) is 8.98. The van der Waals surface area contributed by atoms with E-state index in [9.17, 15) is 9.90 Å². The van der Waals surface area contributed by atoms with E-state index in [0.717, 1.165) is 38.8 Å². The number of aromatic hydroxyl groups is 1. The van der Waals surface area contributed by atoms with Crippen LogP contribution in [-0.4, -0.2) is 47.9 Å². The molecule has 8 heteroatoms. The number of ketones is 1. The smallest absolute Gasteiger partial charge is 0.206 e. The fourth-order valence-electron chi connectivity index (χ4n) is 4.52. The molecule has 0 spiro atoms. The van der Waals surface area contributed by atoms with Crippen LogP contribution in [0.3, 0.4) is 0 Å². The van der Waals surface area contributed by atoms with E-state index in [0.29, 0.717) is 11.3 Å². The van der Waals surface area contributed by atoms with Gasteiger partial charge in [0, 0.05) is 16.6 Å². The summed E-state index contributed by atoms with van der Waals surface area (Å²) in [5, 5.41) is 23.5. The van der Waals surface area contributed by atoms with Crippen LogP contribution >= 0.6 is 0 Å². The summed E-state index contributed by atoms with van der Waals surface area (Å²) in [6.07, 6.45) is 1.39. The van der Waals surface area contributed by atoms with Gasteiger partial charge in [0.1, 0.15) is 19.4 Å². The lowest BCUT2D eigenvalue weighted by atomic mass is 10.0. The van der Waals surface area contributed by atoms with Gasteiger partial charge in [0.05, 0.1) is 16.8 Å². The van der Waals surface area contributed by atoms with Gasteiger partial charge in [-0.15, -0.1) is 5.10 Å². The zero-order valence-corrected chi connectivity index (χ0v) is 20.4. The van der Waals surface area contributed by atoms with E-state index >= 15 is 0 Å². The van der Waals surface area contributed by atoms with Crippen LogP contribution in [0.25, 0.3) is 16.6 Å². The van der Waals surface area contributed by atoms with Crippen LogP contribution < -0.4 is 0 Å². The van der Waals surface area contributed by atoms with Crippen molar-refractivity contribution in [3.8, 4) is 11.6 Å². The summed E-state index contributed by atoms with van der Waals surface area (Å²) in [7, 11) is 0. The first-order chi connectivity index (χ1) is 17.4. The Morgan fingerprint density at radius 2 is 1.69 bits per heavy atom. The Bertz CT molecular complexity index is 1560. The molecule has 0 saturated heterocycles. The zero-order valence-electron chi connectivity index (χ0n) is 20.4. The van der Waals surface area contributed by atoms with Gasteiger partial charge in [0.25, 0.3) is 0 Å². The number of aromatic nitrogens is 5. The summed E-state index contributed by atoms with van der Waals surface area (Å²) in [5.41, 5.74) is 6.97. The van der Waals surface area contributed by atoms with Crippen molar-refractivity contribution >= 4 is 22.4 Å². The molecule has 0 radical (unpaired) electrons. The monoisotopic (exact) mass is 478 g/mol. The molecule has 0 aliphatic rings. The number of aliphatic imine (C=N–C) groups is 1. The van der Waals surface area contributed by atoms with Crippen molar-refractivity contribution in [1.29, 1.82) is 0 Å². The first-order valence-electron chi connectivity index (χ1n) is 11.7. The molecule has 0 fully saturated rings. The third-order valence-corrected chi connectivity index (χ3v) is 5.99. The van der Waals surface area contributed by atoms with Crippen molar-refractivity contribution in [2.45, 2.75) is 27.3 Å². The van der Waals surface area contributed by atoms with Gasteiger partial charge in [0.2, 0.25) is 5.88 Å². The van der Waals surface area contributed by atoms with Gasteiger partial charge in [0.15, 0.2) is 5.78 Å². The number of rotatable bonds is 7. The molecule has 0 atom stereocenters. The molecule has 5 aromatic rings. The number of hydrogen-bond acceptors (Lipinski definition) is 6. The summed E-state index contributed by atoms with van der Waals surface area (Å²) in [6, 6.07) is 21.9. The minimum atomic E-state index is -0.149. The summed E-state index contributed by atoms with van der Waals surface area (Å²) >= 11 is 0. The average Bonchev–Trinajstić information content (AvgIpc) is 3.45. The molecule has 8 nitrogen and oxygen atoms in total. The fourth-order valence-corrected chi connectivity index (χ4v) is 4.52. The first kappa shape index (κ1) is 23.2. The molecule has 0 saturated carbocycles. The van der Waals surface area contributed by atoms with Crippen LogP contribution in [0.5, 0.6) is 5.88 Å². The van der Waals surface area contributed by atoms with Crippen molar-refractivity contribution in [3.05, 3.63) is 101 Å². The quantitative estimate of drug-likeness (QED) is 0.351. The maximum Gasteiger partial charge on any atom is 0.206 e. The van der Waals surface area contributed by atoms with Gasteiger partial charge >= 0.3 is 0 Å². The lowest BCUT2D eigenvalue weighted by Gasteiger charge is -2.11. The third-order valence-electron chi connectivity index (χ3n) is 5.99. The van der Waals surface area contributed by atoms with Crippen LogP contribution in [0, 0.1) is 20.8 Å². The second kappa shape index (κ2) is 9.58. The van der Waals surface area contributed by atoms with Gasteiger partial charge in [-0.25, -0.2) is 4.68 Å². The number of aryl methyl sites for hydroxylation is 3. The molecule has 0 aliphatic heterocycles. The highest BCUT2D eigenvalue weighted by Gasteiger charge is 2.23. The van der Waals surface area contributed by atoms with Crippen molar-refractivity contribution in [2.24, 2.45) is 4.99 Å². The van der Waals surface area contributed by atoms with Crippen molar-refractivity contribution in [3.63, 3.8) is 0 Å². The predicted octanol–water partition coefficient (Wildman–Crippen LogP) is 4.35. The molecule has 1 N–H and O–H groups in total. The maximum atomic E-state index is 12.7. The summed E-state index contributed by atoms with van der Waals surface area (Å²) in [6.45, 7) is 6.05. The molecule has 0 amide bonds. The Hall–Kier alpha value is -4.59. The molecule has 2 aromatic heterocycles. The predicted molar refractivity (Wildman–Crippen MR) is 139 cm³/mol. The zero-order chi connectivity index (χ0) is 25.2. The van der Waals surface area contributed by atoms with Crippen molar-refractivity contribution < 1.29 is 9.90 Å². The number of carbonyl (C=O) groups excluding carboxylic acids is 1. The number of nitrogens with zero attached hydrogens (tertiary/aromatic N) is 6.